The largest absolute Gasteiger partial charge is 0.389 e. The van der Waals surface area contributed by atoms with Gasteiger partial charge in [0.05, 0.1) is 10.9 Å². The summed E-state index contributed by atoms with van der Waals surface area (Å²) in [5.41, 5.74) is -0.588. The molecule has 0 aromatic carbocycles. The van der Waals surface area contributed by atoms with E-state index in [4.69, 9.17) is 0 Å². The van der Waals surface area contributed by atoms with Gasteiger partial charge < -0.3 is 5.11 Å². The molecule has 0 aromatic heterocycles. The Bertz CT molecular complexity index is 391. The molecule has 1 saturated carbocycles. The lowest BCUT2D eigenvalue weighted by molar-refractivity contribution is -0.0213. The fourth-order valence-electron chi connectivity index (χ4n) is 3.30. The summed E-state index contributed by atoms with van der Waals surface area (Å²) in [5, 5.41) is 10.2. The summed E-state index contributed by atoms with van der Waals surface area (Å²) in [6, 6.07) is 0. The van der Waals surface area contributed by atoms with Gasteiger partial charge in [0.15, 0.2) is 0 Å². The lowest BCUT2D eigenvalue weighted by atomic mass is 9.84. The highest BCUT2D eigenvalue weighted by Gasteiger charge is 2.37. The molecule has 5 nitrogen and oxygen atoms in total. The number of nitrogens with one attached hydrogen (secondary N) is 1. The topological polar surface area (TPSA) is 69.6 Å². The maximum absolute atomic E-state index is 12.0. The van der Waals surface area contributed by atoms with Gasteiger partial charge in [-0.3, -0.25) is 4.90 Å². The SMILES string of the molecule is CCNS(=O)(=O)C1CCN(CC2(O)CCCCC2)C1. The third-order valence-electron chi connectivity index (χ3n) is 4.32. The molecule has 2 rings (SSSR count). The van der Waals surface area contributed by atoms with Crippen molar-refractivity contribution in [3.8, 4) is 0 Å². The van der Waals surface area contributed by atoms with Crippen LogP contribution in [0.3, 0.4) is 0 Å². The minimum Gasteiger partial charge on any atom is -0.389 e. The molecular formula is C13H26N2O3S. The highest BCUT2D eigenvalue weighted by atomic mass is 32.2. The van der Waals surface area contributed by atoms with Crippen molar-refractivity contribution in [3.63, 3.8) is 0 Å². The number of nitrogens with zero attached hydrogens (tertiary/aromatic N) is 1. The Morgan fingerprint density at radius 2 is 2.00 bits per heavy atom. The van der Waals surface area contributed by atoms with Gasteiger partial charge in [0.25, 0.3) is 0 Å². The van der Waals surface area contributed by atoms with Crippen molar-refractivity contribution in [2.24, 2.45) is 0 Å². The Morgan fingerprint density at radius 1 is 1.32 bits per heavy atom. The molecule has 0 spiro atoms. The quantitative estimate of drug-likeness (QED) is 0.782. The zero-order valence-electron chi connectivity index (χ0n) is 11.8. The summed E-state index contributed by atoms with van der Waals surface area (Å²) in [4.78, 5) is 2.12. The molecule has 1 heterocycles. The number of sulfonamides is 1. The van der Waals surface area contributed by atoms with Gasteiger partial charge >= 0.3 is 0 Å². The van der Waals surface area contributed by atoms with Crippen LogP contribution in [0.4, 0.5) is 0 Å². The Morgan fingerprint density at radius 3 is 2.63 bits per heavy atom. The summed E-state index contributed by atoms with van der Waals surface area (Å²) >= 11 is 0. The van der Waals surface area contributed by atoms with Gasteiger partial charge in [-0.05, 0) is 25.8 Å². The van der Waals surface area contributed by atoms with Crippen molar-refractivity contribution < 1.29 is 13.5 Å². The second kappa shape index (κ2) is 6.08. The van der Waals surface area contributed by atoms with Crippen molar-refractivity contribution in [2.45, 2.75) is 56.3 Å². The Hall–Kier alpha value is -0.170. The van der Waals surface area contributed by atoms with Crippen LogP contribution in [0.2, 0.25) is 0 Å². The second-order valence-electron chi connectivity index (χ2n) is 5.97. The van der Waals surface area contributed by atoms with Crippen LogP contribution < -0.4 is 4.72 Å². The third kappa shape index (κ3) is 3.90. The lowest BCUT2D eigenvalue weighted by Gasteiger charge is -2.35. The van der Waals surface area contributed by atoms with Crippen LogP contribution in [0.25, 0.3) is 0 Å². The van der Waals surface area contributed by atoms with E-state index in [9.17, 15) is 13.5 Å². The summed E-state index contributed by atoms with van der Waals surface area (Å²) < 4.78 is 26.5. The molecule has 0 amide bonds. The molecule has 1 unspecified atom stereocenters. The van der Waals surface area contributed by atoms with E-state index < -0.39 is 15.6 Å². The zero-order chi connectivity index (χ0) is 13.9. The molecule has 1 saturated heterocycles. The maximum atomic E-state index is 12.0. The average Bonchev–Trinajstić information content (AvgIpc) is 2.78. The first kappa shape index (κ1) is 15.2. The van der Waals surface area contributed by atoms with Gasteiger partial charge in [-0.1, -0.05) is 26.2 Å². The Labute approximate surface area is 116 Å². The molecular weight excluding hydrogens is 264 g/mol. The van der Waals surface area contributed by atoms with E-state index in [1.807, 2.05) is 0 Å². The van der Waals surface area contributed by atoms with E-state index in [2.05, 4.69) is 9.62 Å². The fraction of sp³-hybridized carbons (Fsp3) is 1.00. The normalized spacial score (nSPS) is 28.6. The summed E-state index contributed by atoms with van der Waals surface area (Å²) in [6.45, 7) is 4.21. The van der Waals surface area contributed by atoms with Crippen molar-refractivity contribution >= 4 is 10.0 Å². The van der Waals surface area contributed by atoms with Gasteiger partial charge in [-0.25, -0.2) is 13.1 Å². The van der Waals surface area contributed by atoms with Crippen LogP contribution in [0.5, 0.6) is 0 Å². The van der Waals surface area contributed by atoms with Gasteiger partial charge in [-0.2, -0.15) is 0 Å². The second-order valence-corrected chi connectivity index (χ2v) is 8.02. The van der Waals surface area contributed by atoms with Crippen molar-refractivity contribution in [2.75, 3.05) is 26.2 Å². The highest BCUT2D eigenvalue weighted by molar-refractivity contribution is 7.90. The van der Waals surface area contributed by atoms with Crippen LogP contribution >= 0.6 is 0 Å². The monoisotopic (exact) mass is 290 g/mol. The van der Waals surface area contributed by atoms with E-state index >= 15 is 0 Å². The predicted molar refractivity (Wildman–Crippen MR) is 75.5 cm³/mol. The molecule has 0 aromatic rings. The van der Waals surface area contributed by atoms with Crippen LogP contribution in [-0.2, 0) is 10.0 Å². The van der Waals surface area contributed by atoms with Crippen molar-refractivity contribution in [1.29, 1.82) is 0 Å². The number of hydrogen-bond donors (Lipinski definition) is 2. The molecule has 19 heavy (non-hydrogen) atoms. The molecule has 2 fully saturated rings. The standard InChI is InChI=1S/C13H26N2O3S/c1-2-14-19(17,18)12-6-9-15(10-12)11-13(16)7-4-3-5-8-13/h12,14,16H,2-11H2,1H3. The van der Waals surface area contributed by atoms with Crippen LogP contribution in [-0.4, -0.2) is 55.5 Å². The van der Waals surface area contributed by atoms with E-state index in [0.717, 1.165) is 32.2 Å². The molecule has 112 valence electrons. The number of hydrogen-bond acceptors (Lipinski definition) is 4. The first-order valence-electron chi connectivity index (χ1n) is 7.38. The minimum absolute atomic E-state index is 0.320. The molecule has 2 aliphatic rings. The summed E-state index contributed by atoms with van der Waals surface area (Å²) in [7, 11) is -3.18. The zero-order valence-corrected chi connectivity index (χ0v) is 12.6. The molecule has 0 bridgehead atoms. The molecule has 0 radical (unpaired) electrons. The van der Waals surface area contributed by atoms with Gasteiger partial charge in [0.1, 0.15) is 0 Å². The number of aliphatic hydroxyl groups is 1. The molecule has 6 heteroatoms. The average molecular weight is 290 g/mol. The lowest BCUT2D eigenvalue weighted by Crippen LogP contribution is -2.44. The molecule has 1 aliphatic carbocycles. The summed E-state index contributed by atoms with van der Waals surface area (Å²) in [5.74, 6) is 0. The molecule has 2 N–H and O–H groups in total. The van der Waals surface area contributed by atoms with Crippen molar-refractivity contribution in [3.05, 3.63) is 0 Å². The Kier molecular flexibility index (Phi) is 4.87. The Balaban J connectivity index is 1.88. The number of likely N-dealkylation sites (tertiary alicyclic amines) is 1. The van der Waals surface area contributed by atoms with Gasteiger partial charge in [-0.15, -0.1) is 0 Å². The van der Waals surface area contributed by atoms with Gasteiger partial charge in [0, 0.05) is 19.6 Å². The third-order valence-corrected chi connectivity index (χ3v) is 6.27. The van der Waals surface area contributed by atoms with Crippen LogP contribution in [0, 0.1) is 0 Å². The van der Waals surface area contributed by atoms with Crippen LogP contribution in [0.1, 0.15) is 45.4 Å². The number of β-amino-alcohol motifs (C(OH)–C–C–N with tert-alkyl or cyclic N) is 1. The summed E-state index contributed by atoms with van der Waals surface area (Å²) in [6.07, 6.45) is 5.76. The molecule has 1 atom stereocenters. The smallest absolute Gasteiger partial charge is 0.215 e. The molecule has 1 aliphatic heterocycles. The maximum Gasteiger partial charge on any atom is 0.215 e. The predicted octanol–water partition coefficient (Wildman–Crippen LogP) is 0.695. The van der Waals surface area contributed by atoms with E-state index in [1.54, 1.807) is 6.92 Å². The van der Waals surface area contributed by atoms with Crippen LogP contribution in [0.15, 0.2) is 0 Å². The van der Waals surface area contributed by atoms with E-state index in [-0.39, 0.29) is 5.25 Å². The van der Waals surface area contributed by atoms with Crippen molar-refractivity contribution in [1.82, 2.24) is 9.62 Å². The van der Waals surface area contributed by atoms with E-state index in [0.29, 0.717) is 26.1 Å². The van der Waals surface area contributed by atoms with E-state index in [1.165, 1.54) is 6.42 Å². The highest BCUT2D eigenvalue weighted by Crippen LogP contribution is 2.30. The first-order chi connectivity index (χ1) is 8.95. The van der Waals surface area contributed by atoms with Gasteiger partial charge in [0.2, 0.25) is 10.0 Å². The minimum atomic E-state index is -3.18. The number of rotatable bonds is 5. The first-order valence-corrected chi connectivity index (χ1v) is 8.93. The fourth-order valence-corrected chi connectivity index (χ4v) is 4.76.